The summed E-state index contributed by atoms with van der Waals surface area (Å²) in [6.07, 6.45) is 4.49. The summed E-state index contributed by atoms with van der Waals surface area (Å²) in [6.45, 7) is 2.01. The van der Waals surface area contributed by atoms with E-state index in [1.54, 1.807) is 30.1 Å². The van der Waals surface area contributed by atoms with Crippen LogP contribution in [-0.2, 0) is 4.74 Å². The van der Waals surface area contributed by atoms with Crippen LogP contribution in [0.5, 0.6) is 0 Å². The number of ether oxygens (including phenoxy) is 1. The summed E-state index contributed by atoms with van der Waals surface area (Å²) < 4.78 is 6.70. The number of para-hydroxylation sites is 1. The number of rotatable bonds is 3. The summed E-state index contributed by atoms with van der Waals surface area (Å²) in [4.78, 5) is 11.7. The predicted octanol–water partition coefficient (Wildman–Crippen LogP) is 3.49. The number of hydrogen-bond acceptors (Lipinski definition) is 4. The van der Waals surface area contributed by atoms with Crippen molar-refractivity contribution in [1.29, 1.82) is 0 Å². The van der Waals surface area contributed by atoms with Gasteiger partial charge in [-0.15, -0.1) is 0 Å². The summed E-state index contributed by atoms with van der Waals surface area (Å²) in [5, 5.41) is 9.79. The topological polar surface area (TPSA) is 59.7 Å². The molecule has 1 aliphatic rings. The molecule has 2 aromatic rings. The van der Waals surface area contributed by atoms with Crippen LogP contribution in [0.3, 0.4) is 0 Å². The van der Waals surface area contributed by atoms with Gasteiger partial charge in [-0.1, -0.05) is 29.8 Å². The van der Waals surface area contributed by atoms with Crippen LogP contribution >= 0.6 is 11.6 Å². The molecule has 23 heavy (non-hydrogen) atoms. The van der Waals surface area contributed by atoms with Gasteiger partial charge in [0.25, 0.3) is 0 Å². The van der Waals surface area contributed by atoms with Crippen LogP contribution in [0.4, 0.5) is 4.79 Å². The van der Waals surface area contributed by atoms with Gasteiger partial charge in [0, 0.05) is 12.4 Å². The number of carbonyl (C=O) groups excluding carboxylic acids is 1. The summed E-state index contributed by atoms with van der Waals surface area (Å²) in [6, 6.07) is 11.6. The number of aromatic nitrogens is 2. The first-order valence-electron chi connectivity index (χ1n) is 7.18. The number of halogens is 1. The normalized spacial score (nSPS) is 17.0. The molecule has 3 rings (SSSR count). The number of hydrazone groups is 1. The van der Waals surface area contributed by atoms with Gasteiger partial charge in [-0.25, -0.2) is 9.48 Å². The van der Waals surface area contributed by atoms with Crippen molar-refractivity contribution in [3.63, 3.8) is 0 Å². The summed E-state index contributed by atoms with van der Waals surface area (Å²) in [5.74, 6) is -0.273. The molecule has 0 saturated heterocycles. The number of amides is 1. The third-order valence-electron chi connectivity index (χ3n) is 3.33. The van der Waals surface area contributed by atoms with E-state index in [9.17, 15) is 4.79 Å². The fourth-order valence-electron chi connectivity index (χ4n) is 2.29. The first-order chi connectivity index (χ1) is 11.2. The molecule has 0 aliphatic carbocycles. The zero-order valence-corrected chi connectivity index (χ0v) is 13.2. The highest BCUT2D eigenvalue weighted by molar-refractivity contribution is 6.67. The molecule has 0 saturated carbocycles. The number of carbonyl (C=O) groups is 1. The molecule has 0 radical (unpaired) electrons. The van der Waals surface area contributed by atoms with E-state index < -0.39 is 6.09 Å². The van der Waals surface area contributed by atoms with E-state index >= 15 is 0 Å². The Morgan fingerprint density at radius 2 is 2.09 bits per heavy atom. The maximum absolute atomic E-state index is 11.7. The van der Waals surface area contributed by atoms with Crippen molar-refractivity contribution >= 4 is 22.9 Å². The molecule has 7 heteroatoms. The maximum atomic E-state index is 11.7. The van der Waals surface area contributed by atoms with Crippen molar-refractivity contribution in [3.8, 4) is 5.69 Å². The van der Waals surface area contributed by atoms with E-state index in [4.69, 9.17) is 16.3 Å². The third kappa shape index (κ3) is 3.12. The van der Waals surface area contributed by atoms with Crippen molar-refractivity contribution < 1.29 is 9.53 Å². The Morgan fingerprint density at radius 1 is 1.30 bits per heavy atom. The number of nitrogens with zero attached hydrogens (tertiary/aromatic N) is 4. The quantitative estimate of drug-likeness (QED) is 0.865. The Bertz CT molecular complexity index is 754. The van der Waals surface area contributed by atoms with Crippen LogP contribution < -0.4 is 0 Å². The van der Waals surface area contributed by atoms with E-state index in [0.717, 1.165) is 16.4 Å². The molecule has 1 aliphatic heterocycles. The summed E-state index contributed by atoms with van der Waals surface area (Å²) >= 11 is 6.28. The molecule has 2 heterocycles. The monoisotopic (exact) mass is 330 g/mol. The zero-order chi connectivity index (χ0) is 16.2. The standard InChI is InChI=1S/C16H15ClN4O2/c1-2-23-16(22)20-11-9-13(15(17)19-20)14-8-10-18-21(14)12-6-4-3-5-7-12/h3-11,13H,2H2,1H3. The highest BCUT2D eigenvalue weighted by atomic mass is 35.5. The van der Waals surface area contributed by atoms with Gasteiger partial charge in [-0.2, -0.15) is 15.2 Å². The maximum Gasteiger partial charge on any atom is 0.434 e. The Labute approximate surface area is 138 Å². The number of benzene rings is 1. The second kappa shape index (κ2) is 6.66. The lowest BCUT2D eigenvalue weighted by molar-refractivity contribution is 0.123. The minimum absolute atomic E-state index is 0.273. The Morgan fingerprint density at radius 3 is 2.78 bits per heavy atom. The summed E-state index contributed by atoms with van der Waals surface area (Å²) in [7, 11) is 0. The van der Waals surface area contributed by atoms with Crippen molar-refractivity contribution in [3.05, 3.63) is 60.6 Å². The minimum Gasteiger partial charge on any atom is -0.448 e. The van der Waals surface area contributed by atoms with Gasteiger partial charge in [-0.3, -0.25) is 0 Å². The van der Waals surface area contributed by atoms with Gasteiger partial charge in [0.15, 0.2) is 0 Å². The fraction of sp³-hybridized carbons (Fsp3) is 0.188. The fourth-order valence-corrected chi connectivity index (χ4v) is 2.56. The molecule has 0 bridgehead atoms. The second-order valence-electron chi connectivity index (χ2n) is 4.79. The van der Waals surface area contributed by atoms with Crippen LogP contribution in [0.25, 0.3) is 5.69 Å². The lowest BCUT2D eigenvalue weighted by atomic mass is 10.1. The molecule has 1 atom stereocenters. The molecular formula is C16H15ClN4O2. The molecule has 0 fully saturated rings. The van der Waals surface area contributed by atoms with Crippen molar-refractivity contribution in [2.45, 2.75) is 12.8 Å². The number of hydrogen-bond donors (Lipinski definition) is 0. The third-order valence-corrected chi connectivity index (χ3v) is 3.64. The average molecular weight is 331 g/mol. The van der Waals surface area contributed by atoms with Crippen LogP contribution in [-0.4, -0.2) is 32.7 Å². The van der Waals surface area contributed by atoms with Crippen molar-refractivity contribution in [2.24, 2.45) is 5.10 Å². The SMILES string of the molecule is CCOC(=O)N1C=CC(c2ccnn2-c2ccccc2)C(Cl)=N1. The highest BCUT2D eigenvalue weighted by Crippen LogP contribution is 2.27. The Balaban J connectivity index is 1.88. The van der Waals surface area contributed by atoms with Gasteiger partial charge in [0.2, 0.25) is 0 Å². The van der Waals surface area contributed by atoms with Gasteiger partial charge in [0.1, 0.15) is 5.17 Å². The molecule has 0 N–H and O–H groups in total. The molecule has 1 amide bonds. The van der Waals surface area contributed by atoms with Crippen molar-refractivity contribution in [2.75, 3.05) is 6.61 Å². The van der Waals surface area contributed by atoms with E-state index in [1.165, 1.54) is 0 Å². The Kier molecular flexibility index (Phi) is 4.43. The van der Waals surface area contributed by atoms with Gasteiger partial charge in [0.05, 0.1) is 23.9 Å². The van der Waals surface area contributed by atoms with Gasteiger partial charge < -0.3 is 4.74 Å². The first kappa shape index (κ1) is 15.3. The van der Waals surface area contributed by atoms with E-state index in [1.807, 2.05) is 36.4 Å². The first-order valence-corrected chi connectivity index (χ1v) is 7.56. The Hall–Kier alpha value is -2.60. The smallest absolute Gasteiger partial charge is 0.434 e. The lowest BCUT2D eigenvalue weighted by Crippen LogP contribution is -2.27. The van der Waals surface area contributed by atoms with Crippen LogP contribution in [0.1, 0.15) is 18.5 Å². The second-order valence-corrected chi connectivity index (χ2v) is 5.18. The van der Waals surface area contributed by atoms with E-state index in [2.05, 4.69) is 10.2 Å². The van der Waals surface area contributed by atoms with Crippen molar-refractivity contribution in [1.82, 2.24) is 14.8 Å². The molecule has 1 unspecified atom stereocenters. The van der Waals surface area contributed by atoms with E-state index in [0.29, 0.717) is 0 Å². The predicted molar refractivity (Wildman–Crippen MR) is 87.6 cm³/mol. The van der Waals surface area contributed by atoms with Crippen LogP contribution in [0.15, 0.2) is 60.0 Å². The lowest BCUT2D eigenvalue weighted by Gasteiger charge is -2.21. The largest absolute Gasteiger partial charge is 0.448 e. The molecule has 118 valence electrons. The molecule has 0 spiro atoms. The van der Waals surface area contributed by atoms with Gasteiger partial charge in [-0.05, 0) is 31.2 Å². The molecule has 1 aromatic carbocycles. The average Bonchev–Trinajstić information content (AvgIpc) is 3.05. The van der Waals surface area contributed by atoms with Crippen LogP contribution in [0.2, 0.25) is 0 Å². The van der Waals surface area contributed by atoms with Crippen LogP contribution in [0, 0.1) is 0 Å². The van der Waals surface area contributed by atoms with E-state index in [-0.39, 0.29) is 17.7 Å². The zero-order valence-electron chi connectivity index (χ0n) is 12.5. The molecular weight excluding hydrogens is 316 g/mol. The molecule has 1 aromatic heterocycles. The summed E-state index contributed by atoms with van der Waals surface area (Å²) in [5.41, 5.74) is 1.79. The number of allylic oxidation sites excluding steroid dienone is 1. The van der Waals surface area contributed by atoms with Gasteiger partial charge >= 0.3 is 6.09 Å². The minimum atomic E-state index is -0.558. The molecule has 6 nitrogen and oxygen atoms in total. The highest BCUT2D eigenvalue weighted by Gasteiger charge is 2.25.